The quantitative estimate of drug-likeness (QED) is 0.769. The zero-order chi connectivity index (χ0) is 13.0. The number of hydrogen-bond acceptors (Lipinski definition) is 3. The Labute approximate surface area is 106 Å². The minimum atomic E-state index is -0.574. The third-order valence-electron chi connectivity index (χ3n) is 2.79. The van der Waals surface area contributed by atoms with E-state index in [-0.39, 0.29) is 18.6 Å². The minimum Gasteiger partial charge on any atom is -0.446 e. The first-order chi connectivity index (χ1) is 8.74. The minimum absolute atomic E-state index is 0.217. The summed E-state index contributed by atoms with van der Waals surface area (Å²) < 4.78 is 4.97. The van der Waals surface area contributed by atoms with Gasteiger partial charge in [0.1, 0.15) is 12.6 Å². The molecule has 0 aromatic heterocycles. The second-order valence-electron chi connectivity index (χ2n) is 4.02. The van der Waals surface area contributed by atoms with Crippen molar-refractivity contribution in [1.82, 2.24) is 4.90 Å². The predicted octanol–water partition coefficient (Wildman–Crippen LogP) is 2.67. The lowest BCUT2D eigenvalue weighted by atomic mass is 10.1. The molecule has 0 unspecified atom stereocenters. The maximum Gasteiger partial charge on any atom is 0.417 e. The van der Waals surface area contributed by atoms with Crippen LogP contribution in [-0.4, -0.2) is 23.5 Å². The lowest BCUT2D eigenvalue weighted by Gasteiger charge is -2.18. The highest BCUT2D eigenvalue weighted by molar-refractivity contribution is 5.99. The Balaban J connectivity index is 2.23. The fourth-order valence-electron chi connectivity index (χ4n) is 1.88. The van der Waals surface area contributed by atoms with Crippen molar-refractivity contribution in [1.29, 1.82) is 0 Å². The molecular weight excluding hydrogens is 230 g/mol. The summed E-state index contributed by atoms with van der Waals surface area (Å²) in [5.41, 5.74) is 0.904. The van der Waals surface area contributed by atoms with Crippen LogP contribution in [0.1, 0.15) is 24.9 Å². The molecule has 0 bridgehead atoms. The molecule has 1 aromatic carbocycles. The first-order valence-electron chi connectivity index (χ1n) is 5.95. The zero-order valence-electron chi connectivity index (χ0n) is 10.2. The van der Waals surface area contributed by atoms with E-state index in [4.69, 9.17) is 4.74 Å². The van der Waals surface area contributed by atoms with Gasteiger partial charge in [0.05, 0.1) is 0 Å². The Kier molecular flexibility index (Phi) is 3.77. The van der Waals surface area contributed by atoms with Gasteiger partial charge in [-0.3, -0.25) is 4.79 Å². The van der Waals surface area contributed by atoms with Crippen LogP contribution in [0.2, 0.25) is 0 Å². The summed E-state index contributed by atoms with van der Waals surface area (Å²) in [6.45, 7) is 2.15. The highest BCUT2D eigenvalue weighted by Gasteiger charge is 2.37. The highest BCUT2D eigenvalue weighted by atomic mass is 16.6. The summed E-state index contributed by atoms with van der Waals surface area (Å²) in [5.74, 6) is -0.326. The van der Waals surface area contributed by atoms with E-state index in [0.717, 1.165) is 12.0 Å². The molecule has 0 N–H and O–H groups in total. The molecule has 0 spiro atoms. The number of allylic oxidation sites excluding steroid dienone is 1. The molecule has 2 rings (SSSR count). The van der Waals surface area contributed by atoms with E-state index in [9.17, 15) is 9.59 Å². The van der Waals surface area contributed by atoms with Crippen molar-refractivity contribution in [2.45, 2.75) is 19.4 Å². The molecule has 1 atom stereocenters. The molecule has 4 nitrogen and oxygen atoms in total. The van der Waals surface area contributed by atoms with Crippen molar-refractivity contribution in [2.24, 2.45) is 0 Å². The number of amides is 2. The Hall–Kier alpha value is -2.10. The molecule has 0 aliphatic carbocycles. The molecule has 1 heterocycles. The van der Waals surface area contributed by atoms with Gasteiger partial charge in [0.2, 0.25) is 0 Å². The molecule has 1 fully saturated rings. The topological polar surface area (TPSA) is 46.6 Å². The lowest BCUT2D eigenvalue weighted by molar-refractivity contribution is -0.124. The molecule has 2 amide bonds. The number of nitrogens with zero attached hydrogens (tertiary/aromatic N) is 1. The number of cyclic esters (lactones) is 1. The SMILES string of the molecule is CCC=CC(=O)N1C(=O)OC[C@H]1c1ccccc1. The fourth-order valence-corrected chi connectivity index (χ4v) is 1.88. The molecule has 0 radical (unpaired) electrons. The average molecular weight is 245 g/mol. The summed E-state index contributed by atoms with van der Waals surface area (Å²) in [4.78, 5) is 24.7. The maximum absolute atomic E-state index is 11.9. The third kappa shape index (κ3) is 2.42. The van der Waals surface area contributed by atoms with Crippen LogP contribution in [0.3, 0.4) is 0 Å². The first kappa shape index (κ1) is 12.4. The van der Waals surface area contributed by atoms with Gasteiger partial charge in [-0.15, -0.1) is 0 Å². The molecule has 1 aliphatic heterocycles. The highest BCUT2D eigenvalue weighted by Crippen LogP contribution is 2.27. The number of benzene rings is 1. The fraction of sp³-hybridized carbons (Fsp3) is 0.286. The number of rotatable bonds is 3. The van der Waals surface area contributed by atoms with E-state index < -0.39 is 6.09 Å². The average Bonchev–Trinajstić information content (AvgIpc) is 2.79. The Morgan fingerprint density at radius 2 is 2.17 bits per heavy atom. The first-order valence-corrected chi connectivity index (χ1v) is 5.95. The van der Waals surface area contributed by atoms with E-state index in [2.05, 4.69) is 0 Å². The zero-order valence-corrected chi connectivity index (χ0v) is 10.2. The van der Waals surface area contributed by atoms with Gasteiger partial charge in [-0.25, -0.2) is 9.69 Å². The van der Waals surface area contributed by atoms with Crippen LogP contribution in [0.5, 0.6) is 0 Å². The van der Waals surface area contributed by atoms with E-state index in [1.807, 2.05) is 37.3 Å². The second kappa shape index (κ2) is 5.49. The van der Waals surface area contributed by atoms with Gasteiger partial charge in [-0.2, -0.15) is 0 Å². The second-order valence-corrected chi connectivity index (χ2v) is 4.02. The van der Waals surface area contributed by atoms with Crippen LogP contribution in [0, 0.1) is 0 Å². The summed E-state index contributed by atoms with van der Waals surface area (Å²) in [5, 5.41) is 0. The molecule has 1 saturated heterocycles. The molecule has 1 aromatic rings. The molecule has 1 aliphatic rings. The van der Waals surface area contributed by atoms with Crippen LogP contribution >= 0.6 is 0 Å². The van der Waals surface area contributed by atoms with Gasteiger partial charge in [0.15, 0.2) is 0 Å². The molecule has 18 heavy (non-hydrogen) atoms. The molecular formula is C14H15NO3. The van der Waals surface area contributed by atoms with Gasteiger partial charge >= 0.3 is 6.09 Å². The smallest absolute Gasteiger partial charge is 0.417 e. The van der Waals surface area contributed by atoms with Crippen molar-refractivity contribution in [2.75, 3.05) is 6.61 Å². The maximum atomic E-state index is 11.9. The van der Waals surface area contributed by atoms with Crippen LogP contribution in [0.15, 0.2) is 42.5 Å². The number of carbonyl (C=O) groups excluding carboxylic acids is 2. The normalized spacial score (nSPS) is 19.3. The largest absolute Gasteiger partial charge is 0.446 e. The van der Waals surface area contributed by atoms with Gasteiger partial charge < -0.3 is 4.74 Å². The van der Waals surface area contributed by atoms with Gasteiger partial charge in [-0.05, 0) is 18.1 Å². The standard InChI is InChI=1S/C14H15NO3/c1-2-3-9-13(16)15-12(10-18-14(15)17)11-7-5-4-6-8-11/h3-9,12H,2,10H2,1H3/t12-/m0/s1. The van der Waals surface area contributed by atoms with Crippen molar-refractivity contribution in [3.8, 4) is 0 Å². The van der Waals surface area contributed by atoms with Crippen LogP contribution in [0.25, 0.3) is 0 Å². The Morgan fingerprint density at radius 1 is 1.44 bits per heavy atom. The Bertz CT molecular complexity index is 467. The van der Waals surface area contributed by atoms with Gasteiger partial charge in [-0.1, -0.05) is 43.3 Å². The lowest BCUT2D eigenvalue weighted by Crippen LogP contribution is -2.32. The van der Waals surface area contributed by atoms with E-state index >= 15 is 0 Å². The van der Waals surface area contributed by atoms with E-state index in [1.54, 1.807) is 6.08 Å². The number of ether oxygens (including phenoxy) is 1. The molecule has 4 heteroatoms. The number of carbonyl (C=O) groups is 2. The number of hydrogen-bond donors (Lipinski definition) is 0. The summed E-state index contributed by atoms with van der Waals surface area (Å²) in [6.07, 6.45) is 3.33. The molecule has 94 valence electrons. The number of imide groups is 1. The van der Waals surface area contributed by atoms with Crippen molar-refractivity contribution in [3.05, 3.63) is 48.0 Å². The van der Waals surface area contributed by atoms with Crippen LogP contribution < -0.4 is 0 Å². The van der Waals surface area contributed by atoms with Gasteiger partial charge in [0.25, 0.3) is 5.91 Å². The predicted molar refractivity (Wildman–Crippen MR) is 66.8 cm³/mol. The Morgan fingerprint density at radius 3 is 2.83 bits per heavy atom. The van der Waals surface area contributed by atoms with E-state index in [0.29, 0.717) is 0 Å². The third-order valence-corrected chi connectivity index (χ3v) is 2.79. The van der Waals surface area contributed by atoms with Crippen molar-refractivity contribution < 1.29 is 14.3 Å². The van der Waals surface area contributed by atoms with E-state index in [1.165, 1.54) is 11.0 Å². The van der Waals surface area contributed by atoms with Crippen LogP contribution in [0.4, 0.5) is 4.79 Å². The van der Waals surface area contributed by atoms with Crippen molar-refractivity contribution >= 4 is 12.0 Å². The summed E-state index contributed by atoms with van der Waals surface area (Å²) in [6, 6.07) is 9.09. The monoisotopic (exact) mass is 245 g/mol. The van der Waals surface area contributed by atoms with Crippen molar-refractivity contribution in [3.63, 3.8) is 0 Å². The van der Waals surface area contributed by atoms with Crippen LogP contribution in [-0.2, 0) is 9.53 Å². The summed E-state index contributed by atoms with van der Waals surface area (Å²) >= 11 is 0. The summed E-state index contributed by atoms with van der Waals surface area (Å²) in [7, 11) is 0. The van der Waals surface area contributed by atoms with Gasteiger partial charge in [0, 0.05) is 0 Å². The molecule has 0 saturated carbocycles.